The van der Waals surface area contributed by atoms with E-state index < -0.39 is 5.97 Å². The molecule has 2 unspecified atom stereocenters. The van der Waals surface area contributed by atoms with Crippen molar-refractivity contribution in [3.8, 4) is 0 Å². The number of carboxylic acids is 1. The Kier molecular flexibility index (Phi) is 4.48. The van der Waals surface area contributed by atoms with Crippen molar-refractivity contribution in [2.24, 2.45) is 11.8 Å². The van der Waals surface area contributed by atoms with Crippen LogP contribution in [-0.4, -0.2) is 27.4 Å². The average molecular weight is 279 g/mol. The summed E-state index contributed by atoms with van der Waals surface area (Å²) in [4.78, 5) is 11.1. The summed E-state index contributed by atoms with van der Waals surface area (Å²) in [6, 6.07) is 0. The number of aliphatic carboxylic acids is 1. The third-order valence-corrected chi connectivity index (χ3v) is 4.04. The summed E-state index contributed by atoms with van der Waals surface area (Å²) in [6.07, 6.45) is 6.80. The normalized spacial score (nSPS) is 23.1. The number of hydrogen-bond acceptors (Lipinski definition) is 3. The first-order valence-corrected chi connectivity index (χ1v) is 7.35. The van der Waals surface area contributed by atoms with E-state index in [4.69, 9.17) is 5.11 Å². The van der Waals surface area contributed by atoms with Gasteiger partial charge in [0.25, 0.3) is 0 Å². The van der Waals surface area contributed by atoms with Crippen LogP contribution in [0, 0.1) is 11.8 Å². The molecule has 0 bridgehead atoms. The van der Waals surface area contributed by atoms with Crippen molar-refractivity contribution in [2.45, 2.75) is 52.1 Å². The molecule has 0 aliphatic heterocycles. The van der Waals surface area contributed by atoms with Gasteiger partial charge in [-0.15, -0.1) is 0 Å². The van der Waals surface area contributed by atoms with E-state index in [1.807, 2.05) is 10.9 Å². The number of aromatic nitrogens is 2. The van der Waals surface area contributed by atoms with Crippen LogP contribution in [0.3, 0.4) is 0 Å². The van der Waals surface area contributed by atoms with Crippen LogP contribution >= 0.6 is 0 Å². The van der Waals surface area contributed by atoms with E-state index in [0.29, 0.717) is 0 Å². The first kappa shape index (κ1) is 15.0. The van der Waals surface area contributed by atoms with Crippen LogP contribution in [0.2, 0.25) is 0 Å². The van der Waals surface area contributed by atoms with Crippen molar-refractivity contribution in [2.75, 3.05) is 6.54 Å². The molecule has 1 saturated carbocycles. The van der Waals surface area contributed by atoms with Crippen molar-refractivity contribution in [1.82, 2.24) is 15.1 Å². The maximum atomic E-state index is 11.1. The SMILES string of the molecule is CC(C)(C)n1cc(CNCC2CCCC2C(=O)O)cn1. The minimum atomic E-state index is -0.644. The predicted molar refractivity (Wildman–Crippen MR) is 77.4 cm³/mol. The van der Waals surface area contributed by atoms with Gasteiger partial charge in [0.15, 0.2) is 0 Å². The summed E-state index contributed by atoms with van der Waals surface area (Å²) >= 11 is 0. The molecular weight excluding hydrogens is 254 g/mol. The Balaban J connectivity index is 1.81. The number of nitrogens with zero attached hydrogens (tertiary/aromatic N) is 2. The monoisotopic (exact) mass is 279 g/mol. The first-order chi connectivity index (χ1) is 9.38. The minimum Gasteiger partial charge on any atom is -0.481 e. The van der Waals surface area contributed by atoms with Gasteiger partial charge in [-0.1, -0.05) is 6.42 Å². The lowest BCUT2D eigenvalue weighted by atomic mass is 9.96. The number of carbonyl (C=O) groups is 1. The van der Waals surface area contributed by atoms with Gasteiger partial charge in [-0.3, -0.25) is 9.48 Å². The Morgan fingerprint density at radius 2 is 2.25 bits per heavy atom. The number of rotatable bonds is 5. The summed E-state index contributed by atoms with van der Waals surface area (Å²) in [6.45, 7) is 7.88. The Labute approximate surface area is 120 Å². The maximum absolute atomic E-state index is 11.1. The van der Waals surface area contributed by atoms with Gasteiger partial charge < -0.3 is 10.4 Å². The van der Waals surface area contributed by atoms with Crippen LogP contribution in [0.25, 0.3) is 0 Å². The van der Waals surface area contributed by atoms with Crippen molar-refractivity contribution >= 4 is 5.97 Å². The molecule has 5 heteroatoms. The molecule has 0 aromatic carbocycles. The Morgan fingerprint density at radius 1 is 1.50 bits per heavy atom. The maximum Gasteiger partial charge on any atom is 0.306 e. The summed E-state index contributed by atoms with van der Waals surface area (Å²) in [5.41, 5.74) is 1.14. The molecule has 0 amide bonds. The molecule has 1 aliphatic rings. The molecule has 1 aliphatic carbocycles. The van der Waals surface area contributed by atoms with E-state index in [2.05, 4.69) is 37.4 Å². The highest BCUT2D eigenvalue weighted by Gasteiger charge is 2.32. The minimum absolute atomic E-state index is 0.00188. The van der Waals surface area contributed by atoms with Crippen LogP contribution in [0.5, 0.6) is 0 Å². The van der Waals surface area contributed by atoms with E-state index in [1.54, 1.807) is 0 Å². The first-order valence-electron chi connectivity index (χ1n) is 7.35. The summed E-state index contributed by atoms with van der Waals surface area (Å²) in [5, 5.41) is 16.9. The Morgan fingerprint density at radius 3 is 2.85 bits per heavy atom. The fraction of sp³-hybridized carbons (Fsp3) is 0.733. The van der Waals surface area contributed by atoms with Crippen LogP contribution < -0.4 is 5.32 Å². The van der Waals surface area contributed by atoms with Crippen molar-refractivity contribution in [3.05, 3.63) is 18.0 Å². The van der Waals surface area contributed by atoms with E-state index in [-0.39, 0.29) is 17.4 Å². The second kappa shape index (κ2) is 5.95. The zero-order chi connectivity index (χ0) is 14.8. The summed E-state index contributed by atoms with van der Waals surface area (Å²) in [7, 11) is 0. The number of nitrogens with one attached hydrogen (secondary N) is 1. The second-order valence-corrected chi connectivity index (χ2v) is 6.73. The third-order valence-electron chi connectivity index (χ3n) is 4.04. The summed E-state index contributed by atoms with van der Waals surface area (Å²) < 4.78 is 1.96. The molecule has 1 aromatic heterocycles. The zero-order valence-corrected chi connectivity index (χ0v) is 12.6. The molecule has 1 fully saturated rings. The molecule has 0 spiro atoms. The van der Waals surface area contributed by atoms with Gasteiger partial charge >= 0.3 is 5.97 Å². The number of carboxylic acid groups (broad SMARTS) is 1. The average Bonchev–Trinajstić information content (AvgIpc) is 2.96. The van der Waals surface area contributed by atoms with Crippen molar-refractivity contribution in [3.63, 3.8) is 0 Å². The zero-order valence-electron chi connectivity index (χ0n) is 12.6. The van der Waals surface area contributed by atoms with Gasteiger partial charge in [-0.25, -0.2) is 0 Å². The second-order valence-electron chi connectivity index (χ2n) is 6.73. The van der Waals surface area contributed by atoms with Gasteiger partial charge in [0.1, 0.15) is 0 Å². The highest BCUT2D eigenvalue weighted by molar-refractivity contribution is 5.70. The van der Waals surface area contributed by atoms with E-state index in [1.165, 1.54) is 0 Å². The molecule has 5 nitrogen and oxygen atoms in total. The lowest BCUT2D eigenvalue weighted by molar-refractivity contribution is -0.142. The summed E-state index contributed by atoms with van der Waals surface area (Å²) in [5.74, 6) is -0.542. The Bertz CT molecular complexity index is 462. The van der Waals surface area contributed by atoms with E-state index >= 15 is 0 Å². The highest BCUT2D eigenvalue weighted by atomic mass is 16.4. The largest absolute Gasteiger partial charge is 0.481 e. The Hall–Kier alpha value is -1.36. The molecule has 0 saturated heterocycles. The van der Waals surface area contributed by atoms with Gasteiger partial charge in [0.05, 0.1) is 17.7 Å². The van der Waals surface area contributed by atoms with Crippen molar-refractivity contribution in [1.29, 1.82) is 0 Å². The predicted octanol–water partition coefficient (Wildman–Crippen LogP) is 2.23. The van der Waals surface area contributed by atoms with Crippen LogP contribution in [0.15, 0.2) is 12.4 Å². The quantitative estimate of drug-likeness (QED) is 0.867. The molecule has 2 rings (SSSR count). The standard InChI is InChI=1S/C15H25N3O2/c1-15(2,3)18-10-11(8-17-18)7-16-9-12-5-4-6-13(12)14(19)20/h8,10,12-13,16H,4-7,9H2,1-3H3,(H,19,20). The van der Waals surface area contributed by atoms with Gasteiger partial charge in [0.2, 0.25) is 0 Å². The van der Waals surface area contributed by atoms with Crippen LogP contribution in [-0.2, 0) is 16.9 Å². The van der Waals surface area contributed by atoms with Crippen molar-refractivity contribution < 1.29 is 9.90 Å². The van der Waals surface area contributed by atoms with Gasteiger partial charge in [-0.05, 0) is 46.1 Å². The third kappa shape index (κ3) is 3.60. The number of hydrogen-bond donors (Lipinski definition) is 2. The lowest BCUT2D eigenvalue weighted by Crippen LogP contribution is -2.28. The molecule has 20 heavy (non-hydrogen) atoms. The lowest BCUT2D eigenvalue weighted by Gasteiger charge is -2.18. The van der Waals surface area contributed by atoms with E-state index in [0.717, 1.165) is 37.9 Å². The fourth-order valence-electron chi connectivity index (χ4n) is 2.83. The van der Waals surface area contributed by atoms with Crippen LogP contribution in [0.4, 0.5) is 0 Å². The molecule has 0 radical (unpaired) electrons. The topological polar surface area (TPSA) is 67.2 Å². The molecule has 1 aromatic rings. The molecule has 2 N–H and O–H groups in total. The smallest absolute Gasteiger partial charge is 0.306 e. The molecule has 2 atom stereocenters. The van der Waals surface area contributed by atoms with E-state index in [9.17, 15) is 4.79 Å². The fourth-order valence-corrected chi connectivity index (χ4v) is 2.83. The van der Waals surface area contributed by atoms with Gasteiger partial charge in [0, 0.05) is 18.3 Å². The molecule has 112 valence electrons. The van der Waals surface area contributed by atoms with Crippen LogP contribution in [0.1, 0.15) is 45.6 Å². The molecular formula is C15H25N3O2. The highest BCUT2D eigenvalue weighted by Crippen LogP contribution is 2.31. The molecule has 1 heterocycles. The van der Waals surface area contributed by atoms with Gasteiger partial charge in [-0.2, -0.15) is 5.10 Å².